The molecule has 2 aliphatic rings. The van der Waals surface area contributed by atoms with Gasteiger partial charge < -0.3 is 0 Å². The molecule has 2 heteroatoms. The van der Waals surface area contributed by atoms with Crippen LogP contribution in [-0.4, -0.2) is 5.71 Å². The number of aryl methyl sites for hydroxylation is 1. The van der Waals surface area contributed by atoms with Gasteiger partial charge in [-0.05, 0) is 105 Å². The summed E-state index contributed by atoms with van der Waals surface area (Å²) in [5, 5.41) is 0. The molecular formula is C40H28BrN. The Hall–Kier alpha value is -4.53. The summed E-state index contributed by atoms with van der Waals surface area (Å²) in [4.78, 5) is 4.91. The summed E-state index contributed by atoms with van der Waals surface area (Å²) < 4.78 is 1.11. The molecule has 0 aromatic heterocycles. The zero-order valence-corrected chi connectivity index (χ0v) is 25.1. The van der Waals surface area contributed by atoms with Gasteiger partial charge in [0, 0.05) is 10.2 Å². The highest BCUT2D eigenvalue weighted by Gasteiger charge is 2.51. The summed E-state index contributed by atoms with van der Waals surface area (Å²) in [6.07, 6.45) is 0. The number of hydrogen-bond donors (Lipinski definition) is 0. The molecule has 2 aliphatic carbocycles. The third-order valence-corrected chi connectivity index (χ3v) is 9.58. The van der Waals surface area contributed by atoms with Crippen molar-refractivity contribution in [1.29, 1.82) is 0 Å². The van der Waals surface area contributed by atoms with E-state index in [1.807, 2.05) is 6.07 Å². The monoisotopic (exact) mass is 601 g/mol. The molecule has 0 heterocycles. The van der Waals surface area contributed by atoms with Crippen molar-refractivity contribution in [2.45, 2.75) is 19.3 Å². The van der Waals surface area contributed by atoms with Gasteiger partial charge in [-0.3, -0.25) is 4.99 Å². The first-order valence-corrected chi connectivity index (χ1v) is 15.2. The van der Waals surface area contributed by atoms with Crippen LogP contribution in [0.2, 0.25) is 0 Å². The van der Waals surface area contributed by atoms with Crippen LogP contribution < -0.4 is 0 Å². The van der Waals surface area contributed by atoms with Crippen LogP contribution in [0.3, 0.4) is 0 Å². The van der Waals surface area contributed by atoms with Gasteiger partial charge in [-0.2, -0.15) is 0 Å². The van der Waals surface area contributed by atoms with Gasteiger partial charge in [0.15, 0.2) is 0 Å². The molecule has 8 rings (SSSR count). The van der Waals surface area contributed by atoms with Crippen LogP contribution in [0.25, 0.3) is 33.4 Å². The molecule has 6 aromatic rings. The van der Waals surface area contributed by atoms with Gasteiger partial charge in [-0.1, -0.05) is 125 Å². The van der Waals surface area contributed by atoms with Crippen molar-refractivity contribution < 1.29 is 0 Å². The van der Waals surface area contributed by atoms with E-state index in [0.717, 1.165) is 21.4 Å². The Morgan fingerprint density at radius 2 is 1.10 bits per heavy atom. The number of para-hydroxylation sites is 1. The molecule has 1 spiro atoms. The van der Waals surface area contributed by atoms with Gasteiger partial charge in [0.25, 0.3) is 0 Å². The number of halogens is 1. The minimum atomic E-state index is -0.353. The summed E-state index contributed by atoms with van der Waals surface area (Å²) in [5.74, 6) is 0. The maximum Gasteiger partial charge on any atom is 0.0726 e. The van der Waals surface area contributed by atoms with E-state index in [1.54, 1.807) is 0 Å². The second kappa shape index (κ2) is 9.51. The normalized spacial score (nSPS) is 16.2. The predicted octanol–water partition coefficient (Wildman–Crippen LogP) is 10.9. The molecule has 0 saturated carbocycles. The Bertz CT molecular complexity index is 2050. The van der Waals surface area contributed by atoms with E-state index in [9.17, 15) is 0 Å². The van der Waals surface area contributed by atoms with Gasteiger partial charge in [-0.25, -0.2) is 0 Å². The lowest BCUT2D eigenvalue weighted by Crippen LogP contribution is -2.25. The molecule has 1 unspecified atom stereocenters. The SMILES string of the molecule is CC(=Nc1ccccc1C)c1ccc(-c2ccc3c(c2)C2(c4ccccc4-c4ccc(Br)cc42)c2ccccc2-3)cc1. The van der Waals surface area contributed by atoms with Gasteiger partial charge >= 0.3 is 0 Å². The van der Waals surface area contributed by atoms with Crippen LogP contribution in [0.4, 0.5) is 5.69 Å². The highest BCUT2D eigenvalue weighted by Crippen LogP contribution is 2.63. The van der Waals surface area contributed by atoms with E-state index in [4.69, 9.17) is 4.99 Å². The number of fused-ring (bicyclic) bond motifs is 10. The summed E-state index contributed by atoms with van der Waals surface area (Å²) in [6.45, 7) is 4.19. The van der Waals surface area contributed by atoms with E-state index in [0.29, 0.717) is 0 Å². The second-order valence-corrected chi connectivity index (χ2v) is 12.3. The average Bonchev–Trinajstić information content (AvgIpc) is 3.48. The van der Waals surface area contributed by atoms with E-state index in [1.165, 1.54) is 61.2 Å². The van der Waals surface area contributed by atoms with E-state index < -0.39 is 0 Å². The van der Waals surface area contributed by atoms with Crippen LogP contribution in [0.1, 0.15) is 40.3 Å². The highest BCUT2D eigenvalue weighted by molar-refractivity contribution is 9.10. The van der Waals surface area contributed by atoms with Crippen molar-refractivity contribution in [3.63, 3.8) is 0 Å². The fraction of sp³-hybridized carbons (Fsp3) is 0.0750. The Morgan fingerprint density at radius 1 is 0.548 bits per heavy atom. The predicted molar refractivity (Wildman–Crippen MR) is 179 cm³/mol. The molecule has 1 nitrogen and oxygen atoms in total. The highest BCUT2D eigenvalue weighted by atomic mass is 79.9. The number of rotatable bonds is 3. The molecule has 0 saturated heterocycles. The average molecular weight is 603 g/mol. The zero-order chi connectivity index (χ0) is 28.4. The van der Waals surface area contributed by atoms with Crippen LogP contribution >= 0.6 is 15.9 Å². The van der Waals surface area contributed by atoms with Crippen molar-refractivity contribution >= 4 is 27.3 Å². The second-order valence-electron chi connectivity index (χ2n) is 11.4. The standard InChI is InChI=1S/C40H28BrN/c1-25-9-3-8-14-39(25)42-26(2)27-15-17-28(18-16-27)29-19-21-33-31-10-4-6-12-35(31)40(37(33)23-29)36-13-7-5-11-32(36)34-22-20-30(41)24-38(34)40/h3-24H,1-2H3. The Morgan fingerprint density at radius 3 is 1.79 bits per heavy atom. The van der Waals surface area contributed by atoms with Gasteiger partial charge in [0.1, 0.15) is 0 Å². The smallest absolute Gasteiger partial charge is 0.0726 e. The van der Waals surface area contributed by atoms with Crippen molar-refractivity contribution in [2.75, 3.05) is 0 Å². The maximum atomic E-state index is 4.91. The lowest BCUT2D eigenvalue weighted by molar-refractivity contribution is 0.793. The van der Waals surface area contributed by atoms with E-state index in [-0.39, 0.29) is 5.41 Å². The number of nitrogens with zero attached hydrogens (tertiary/aromatic N) is 1. The first-order chi connectivity index (χ1) is 20.6. The third-order valence-electron chi connectivity index (χ3n) is 9.09. The molecule has 0 fully saturated rings. The zero-order valence-electron chi connectivity index (χ0n) is 23.5. The topological polar surface area (TPSA) is 12.4 Å². The van der Waals surface area contributed by atoms with Crippen molar-refractivity contribution in [3.8, 4) is 33.4 Å². The Balaban J connectivity index is 1.29. The van der Waals surface area contributed by atoms with E-state index >= 15 is 0 Å². The van der Waals surface area contributed by atoms with Gasteiger partial charge in [0.2, 0.25) is 0 Å². The molecule has 42 heavy (non-hydrogen) atoms. The summed E-state index contributed by atoms with van der Waals surface area (Å²) in [5.41, 5.74) is 17.1. The quantitative estimate of drug-likeness (QED) is 0.178. The molecule has 0 N–H and O–H groups in total. The third kappa shape index (κ3) is 3.58. The maximum absolute atomic E-state index is 4.91. The fourth-order valence-corrected chi connectivity index (χ4v) is 7.49. The summed E-state index contributed by atoms with van der Waals surface area (Å²) in [7, 11) is 0. The molecule has 0 aliphatic heterocycles. The fourth-order valence-electron chi connectivity index (χ4n) is 7.13. The van der Waals surface area contributed by atoms with Crippen LogP contribution in [0.5, 0.6) is 0 Å². The molecule has 0 radical (unpaired) electrons. The lowest BCUT2D eigenvalue weighted by atomic mass is 9.70. The van der Waals surface area contributed by atoms with E-state index in [2.05, 4.69) is 157 Å². The number of benzene rings is 6. The minimum Gasteiger partial charge on any atom is -0.253 e. The molecular weight excluding hydrogens is 574 g/mol. The van der Waals surface area contributed by atoms with Crippen LogP contribution in [-0.2, 0) is 5.41 Å². The lowest BCUT2D eigenvalue weighted by Gasteiger charge is -2.30. The largest absolute Gasteiger partial charge is 0.253 e. The molecule has 0 bridgehead atoms. The molecule has 200 valence electrons. The van der Waals surface area contributed by atoms with Crippen molar-refractivity contribution in [3.05, 3.63) is 171 Å². The Labute approximate surface area is 255 Å². The first-order valence-electron chi connectivity index (χ1n) is 14.4. The van der Waals surface area contributed by atoms with Crippen LogP contribution in [0.15, 0.2) is 143 Å². The minimum absolute atomic E-state index is 0.353. The number of hydrogen-bond acceptors (Lipinski definition) is 1. The first kappa shape index (κ1) is 25.2. The van der Waals surface area contributed by atoms with Crippen molar-refractivity contribution in [1.82, 2.24) is 0 Å². The summed E-state index contributed by atoms with van der Waals surface area (Å²) >= 11 is 3.80. The molecule has 1 atom stereocenters. The molecule has 0 amide bonds. The summed E-state index contributed by atoms with van der Waals surface area (Å²) in [6, 6.07) is 48.9. The van der Waals surface area contributed by atoms with Crippen molar-refractivity contribution in [2.24, 2.45) is 4.99 Å². The number of aliphatic imine (C=N–C) groups is 1. The van der Waals surface area contributed by atoms with Gasteiger partial charge in [-0.15, -0.1) is 0 Å². The Kier molecular flexibility index (Phi) is 5.70. The van der Waals surface area contributed by atoms with Gasteiger partial charge in [0.05, 0.1) is 11.1 Å². The molecule has 6 aromatic carbocycles. The van der Waals surface area contributed by atoms with Crippen LogP contribution in [0, 0.1) is 6.92 Å².